The van der Waals surface area contributed by atoms with Crippen LogP contribution in [0.25, 0.3) is 10.8 Å². The molecule has 1 N–H and O–H groups in total. The molecule has 2 nitrogen and oxygen atoms in total. The second-order valence-electron chi connectivity index (χ2n) is 5.75. The van der Waals surface area contributed by atoms with Crippen LogP contribution in [0.1, 0.15) is 38.8 Å². The zero-order valence-corrected chi connectivity index (χ0v) is 13.8. The summed E-state index contributed by atoms with van der Waals surface area (Å²) in [4.78, 5) is 2.56. The lowest BCUT2D eigenvalue weighted by molar-refractivity contribution is 0.194. The summed E-state index contributed by atoms with van der Waals surface area (Å²) in [6, 6.07) is 16.3. The van der Waals surface area contributed by atoms with Crippen molar-refractivity contribution in [3.63, 3.8) is 0 Å². The number of nitrogens with one attached hydrogen (secondary N) is 1. The summed E-state index contributed by atoms with van der Waals surface area (Å²) in [6.07, 6.45) is 1.19. The molecule has 21 heavy (non-hydrogen) atoms. The Balaban J connectivity index is 2.31. The number of nitrogens with zero attached hydrogens (tertiary/aromatic N) is 1. The van der Waals surface area contributed by atoms with Gasteiger partial charge in [-0.3, -0.25) is 4.90 Å². The molecule has 0 radical (unpaired) electrons. The molecule has 0 saturated carbocycles. The Labute approximate surface area is 129 Å². The zero-order valence-electron chi connectivity index (χ0n) is 13.8. The summed E-state index contributed by atoms with van der Waals surface area (Å²) in [5.41, 5.74) is 1.40. The highest BCUT2D eigenvalue weighted by Crippen LogP contribution is 2.25. The Bertz CT molecular complexity index is 559. The van der Waals surface area contributed by atoms with Crippen molar-refractivity contribution >= 4 is 10.8 Å². The van der Waals surface area contributed by atoms with Gasteiger partial charge in [-0.05, 0) is 43.3 Å². The van der Waals surface area contributed by atoms with Crippen molar-refractivity contribution in [1.82, 2.24) is 10.2 Å². The van der Waals surface area contributed by atoms with Crippen LogP contribution in [0, 0.1) is 0 Å². The van der Waals surface area contributed by atoms with E-state index in [0.29, 0.717) is 12.1 Å². The Kier molecular flexibility index (Phi) is 5.77. The van der Waals surface area contributed by atoms with Gasteiger partial charge in [-0.15, -0.1) is 0 Å². The summed E-state index contributed by atoms with van der Waals surface area (Å²) in [5.74, 6) is 0. The van der Waals surface area contributed by atoms with Gasteiger partial charge >= 0.3 is 0 Å². The van der Waals surface area contributed by atoms with Gasteiger partial charge in [0, 0.05) is 18.6 Å². The highest BCUT2D eigenvalue weighted by atomic mass is 15.2. The third-order valence-electron chi connectivity index (χ3n) is 4.58. The van der Waals surface area contributed by atoms with Crippen LogP contribution in [0.3, 0.4) is 0 Å². The fraction of sp³-hybridized carbons (Fsp3) is 0.474. The van der Waals surface area contributed by atoms with E-state index in [1.807, 2.05) is 0 Å². The van der Waals surface area contributed by atoms with E-state index in [4.69, 9.17) is 0 Å². The molecule has 2 aromatic carbocycles. The second kappa shape index (κ2) is 7.58. The maximum Gasteiger partial charge on any atom is 0.0453 e. The van der Waals surface area contributed by atoms with E-state index in [-0.39, 0.29) is 0 Å². The van der Waals surface area contributed by atoms with E-state index in [2.05, 4.69) is 80.5 Å². The fourth-order valence-electron chi connectivity index (χ4n) is 3.01. The van der Waals surface area contributed by atoms with Crippen LogP contribution in [-0.2, 0) is 0 Å². The minimum atomic E-state index is 0.366. The topological polar surface area (TPSA) is 15.3 Å². The van der Waals surface area contributed by atoms with Gasteiger partial charge in [0.2, 0.25) is 0 Å². The normalized spacial score (nSPS) is 14.5. The molecule has 0 fully saturated rings. The molecule has 0 spiro atoms. The quantitative estimate of drug-likeness (QED) is 0.819. The molecule has 0 heterocycles. The van der Waals surface area contributed by atoms with E-state index in [0.717, 1.165) is 13.1 Å². The van der Waals surface area contributed by atoms with Crippen LogP contribution in [0.5, 0.6) is 0 Å². The Morgan fingerprint density at radius 2 is 1.76 bits per heavy atom. The van der Waals surface area contributed by atoms with Crippen molar-refractivity contribution in [1.29, 1.82) is 0 Å². The second-order valence-corrected chi connectivity index (χ2v) is 5.75. The third-order valence-corrected chi connectivity index (χ3v) is 4.58. The lowest BCUT2D eigenvalue weighted by Crippen LogP contribution is -2.39. The third kappa shape index (κ3) is 3.63. The smallest absolute Gasteiger partial charge is 0.0453 e. The van der Waals surface area contributed by atoms with Crippen LogP contribution in [0.4, 0.5) is 0 Å². The van der Waals surface area contributed by atoms with Gasteiger partial charge in [-0.25, -0.2) is 0 Å². The van der Waals surface area contributed by atoms with Crippen molar-refractivity contribution in [2.75, 3.05) is 20.1 Å². The highest BCUT2D eigenvalue weighted by Gasteiger charge is 2.18. The molecule has 2 aromatic rings. The van der Waals surface area contributed by atoms with E-state index >= 15 is 0 Å². The van der Waals surface area contributed by atoms with Crippen molar-refractivity contribution in [2.45, 2.75) is 39.3 Å². The Morgan fingerprint density at radius 1 is 1.05 bits per heavy atom. The average Bonchev–Trinajstić information content (AvgIpc) is 2.55. The Hall–Kier alpha value is -1.38. The highest BCUT2D eigenvalue weighted by molar-refractivity contribution is 5.86. The maximum absolute atomic E-state index is 3.51. The molecule has 2 atom stereocenters. The molecule has 0 aromatic heterocycles. The molecular formula is C19H28N2. The molecule has 0 amide bonds. The van der Waals surface area contributed by atoms with Gasteiger partial charge in [-0.2, -0.15) is 0 Å². The lowest BCUT2D eigenvalue weighted by atomic mass is 9.98. The first kappa shape index (κ1) is 16.0. The zero-order chi connectivity index (χ0) is 15.2. The average molecular weight is 284 g/mol. The lowest BCUT2D eigenvalue weighted by Gasteiger charge is -2.31. The first-order chi connectivity index (χ1) is 10.2. The molecular weight excluding hydrogens is 256 g/mol. The summed E-state index contributed by atoms with van der Waals surface area (Å²) in [7, 11) is 2.07. The maximum atomic E-state index is 3.51. The largest absolute Gasteiger partial charge is 0.312 e. The van der Waals surface area contributed by atoms with Crippen molar-refractivity contribution in [3.8, 4) is 0 Å². The molecule has 0 bridgehead atoms. The Morgan fingerprint density at radius 3 is 2.43 bits per heavy atom. The van der Waals surface area contributed by atoms with E-state index in [9.17, 15) is 0 Å². The van der Waals surface area contributed by atoms with Gasteiger partial charge in [0.15, 0.2) is 0 Å². The minimum absolute atomic E-state index is 0.366. The number of hydrogen-bond donors (Lipinski definition) is 1. The van der Waals surface area contributed by atoms with E-state index in [1.54, 1.807) is 0 Å². The molecule has 114 valence electrons. The first-order valence-corrected chi connectivity index (χ1v) is 8.10. The van der Waals surface area contributed by atoms with E-state index in [1.165, 1.54) is 22.8 Å². The standard InChI is InChI=1S/C19H28N2/c1-5-15(3)21(6-2)14-19(20-4)18-13-9-11-16-10-7-8-12-17(16)18/h7-13,15,19-20H,5-6,14H2,1-4H3. The number of fused-ring (bicyclic) bond motifs is 1. The molecule has 2 heteroatoms. The number of benzene rings is 2. The summed E-state index contributed by atoms with van der Waals surface area (Å²) < 4.78 is 0. The van der Waals surface area contributed by atoms with Gasteiger partial charge < -0.3 is 5.32 Å². The molecule has 0 saturated heterocycles. The van der Waals surface area contributed by atoms with Gasteiger partial charge in [0.1, 0.15) is 0 Å². The number of likely N-dealkylation sites (N-methyl/N-ethyl adjacent to an activating group) is 2. The summed E-state index contributed by atoms with van der Waals surface area (Å²) in [5, 5.41) is 6.19. The van der Waals surface area contributed by atoms with Gasteiger partial charge in [0.05, 0.1) is 0 Å². The molecule has 0 aliphatic rings. The van der Waals surface area contributed by atoms with Gasteiger partial charge in [0.25, 0.3) is 0 Å². The number of rotatable bonds is 7. The van der Waals surface area contributed by atoms with Crippen molar-refractivity contribution in [2.24, 2.45) is 0 Å². The molecule has 0 aliphatic heterocycles. The fourth-order valence-corrected chi connectivity index (χ4v) is 3.01. The minimum Gasteiger partial charge on any atom is -0.312 e. The first-order valence-electron chi connectivity index (χ1n) is 8.10. The molecule has 2 rings (SSSR count). The van der Waals surface area contributed by atoms with Crippen LogP contribution in [-0.4, -0.2) is 31.1 Å². The molecule has 2 unspecified atom stereocenters. The van der Waals surface area contributed by atoms with Crippen molar-refractivity contribution in [3.05, 3.63) is 48.0 Å². The van der Waals surface area contributed by atoms with Crippen LogP contribution < -0.4 is 5.32 Å². The predicted octanol–water partition coefficient (Wildman–Crippen LogP) is 4.22. The van der Waals surface area contributed by atoms with Crippen LogP contribution in [0.15, 0.2) is 42.5 Å². The monoisotopic (exact) mass is 284 g/mol. The number of hydrogen-bond acceptors (Lipinski definition) is 2. The van der Waals surface area contributed by atoms with Gasteiger partial charge in [-0.1, -0.05) is 56.3 Å². The summed E-state index contributed by atoms with van der Waals surface area (Å²) in [6.45, 7) is 8.98. The van der Waals surface area contributed by atoms with E-state index < -0.39 is 0 Å². The predicted molar refractivity (Wildman–Crippen MR) is 92.7 cm³/mol. The van der Waals surface area contributed by atoms with Crippen LogP contribution in [0.2, 0.25) is 0 Å². The van der Waals surface area contributed by atoms with Crippen LogP contribution >= 0.6 is 0 Å². The SMILES string of the molecule is CCC(C)N(CC)CC(NC)c1cccc2ccccc12. The summed E-state index contributed by atoms with van der Waals surface area (Å²) >= 11 is 0. The molecule has 0 aliphatic carbocycles. The van der Waals surface area contributed by atoms with Crippen molar-refractivity contribution < 1.29 is 0 Å².